The lowest BCUT2D eigenvalue weighted by Crippen LogP contribution is -2.12. The van der Waals surface area contributed by atoms with Crippen molar-refractivity contribution >= 4 is 11.6 Å². The summed E-state index contributed by atoms with van der Waals surface area (Å²) in [6, 6.07) is 1.99. The van der Waals surface area contributed by atoms with Crippen LogP contribution in [0.5, 0.6) is 0 Å². The molecule has 0 aromatic carbocycles. The summed E-state index contributed by atoms with van der Waals surface area (Å²) >= 11 is 5.92. The Balaban J connectivity index is 2.34. The summed E-state index contributed by atoms with van der Waals surface area (Å²) in [4.78, 5) is 3.65. The Kier molecular flexibility index (Phi) is 4.01. The van der Waals surface area contributed by atoms with Gasteiger partial charge in [-0.2, -0.15) is 18.3 Å². The molecular formula is C12H11ClF3N3O. The molecule has 0 amide bonds. The van der Waals surface area contributed by atoms with Crippen LogP contribution in [-0.2, 0) is 12.7 Å². The van der Waals surface area contributed by atoms with E-state index in [-0.39, 0.29) is 10.7 Å². The van der Waals surface area contributed by atoms with Crippen molar-refractivity contribution in [3.63, 3.8) is 0 Å². The van der Waals surface area contributed by atoms with Crippen molar-refractivity contribution in [2.75, 3.05) is 0 Å². The number of nitrogens with zero attached hydrogens (tertiary/aromatic N) is 3. The van der Waals surface area contributed by atoms with Gasteiger partial charge < -0.3 is 5.11 Å². The molecule has 0 aliphatic heterocycles. The first-order chi connectivity index (χ1) is 9.34. The van der Waals surface area contributed by atoms with E-state index in [2.05, 4.69) is 10.1 Å². The number of pyridine rings is 1. The van der Waals surface area contributed by atoms with Gasteiger partial charge in [-0.3, -0.25) is 9.67 Å². The third-order valence-electron chi connectivity index (χ3n) is 2.79. The highest BCUT2D eigenvalue weighted by molar-refractivity contribution is 6.31. The Morgan fingerprint density at radius 2 is 2.05 bits per heavy atom. The van der Waals surface area contributed by atoms with Crippen LogP contribution in [0.25, 0.3) is 0 Å². The molecule has 2 rings (SSSR count). The lowest BCUT2D eigenvalue weighted by atomic mass is 10.1. The molecule has 2 heterocycles. The fraction of sp³-hybridized carbons (Fsp3) is 0.333. The van der Waals surface area contributed by atoms with Gasteiger partial charge in [0.15, 0.2) is 0 Å². The van der Waals surface area contributed by atoms with Gasteiger partial charge in [-0.25, -0.2) is 0 Å². The zero-order chi connectivity index (χ0) is 14.9. The first-order valence-corrected chi connectivity index (χ1v) is 6.14. The molecule has 108 valence electrons. The summed E-state index contributed by atoms with van der Waals surface area (Å²) in [6.07, 6.45) is -3.64. The molecule has 20 heavy (non-hydrogen) atoms. The van der Waals surface area contributed by atoms with Gasteiger partial charge in [-0.05, 0) is 19.1 Å². The van der Waals surface area contributed by atoms with E-state index >= 15 is 0 Å². The number of hydrogen-bond donors (Lipinski definition) is 1. The normalized spacial score (nSPS) is 13.5. The van der Waals surface area contributed by atoms with E-state index in [1.807, 2.05) is 0 Å². The first-order valence-electron chi connectivity index (χ1n) is 5.77. The highest BCUT2D eigenvalue weighted by Gasteiger charge is 2.31. The minimum Gasteiger partial charge on any atom is -0.380 e. The molecule has 1 N–H and O–H groups in total. The summed E-state index contributed by atoms with van der Waals surface area (Å²) in [7, 11) is 0. The summed E-state index contributed by atoms with van der Waals surface area (Å²) in [5.74, 6) is 0. The van der Waals surface area contributed by atoms with Gasteiger partial charge in [0.1, 0.15) is 6.10 Å². The molecule has 4 nitrogen and oxygen atoms in total. The van der Waals surface area contributed by atoms with E-state index in [9.17, 15) is 18.3 Å². The monoisotopic (exact) mass is 305 g/mol. The predicted octanol–water partition coefficient (Wildman–Crippen LogP) is 3.05. The summed E-state index contributed by atoms with van der Waals surface area (Å²) in [6.45, 7) is 2.28. The Bertz CT molecular complexity index is 595. The van der Waals surface area contributed by atoms with Crippen LogP contribution >= 0.6 is 11.6 Å². The largest absolute Gasteiger partial charge is 0.417 e. The fourth-order valence-corrected chi connectivity index (χ4v) is 2.02. The maximum absolute atomic E-state index is 12.4. The van der Waals surface area contributed by atoms with E-state index < -0.39 is 17.8 Å². The van der Waals surface area contributed by atoms with Crippen LogP contribution < -0.4 is 0 Å². The van der Waals surface area contributed by atoms with Crippen molar-refractivity contribution in [3.8, 4) is 0 Å². The number of halogens is 4. The second-order valence-corrected chi connectivity index (χ2v) is 4.47. The maximum atomic E-state index is 12.4. The van der Waals surface area contributed by atoms with Crippen molar-refractivity contribution in [2.24, 2.45) is 0 Å². The Hall–Kier alpha value is -1.60. The number of aromatic nitrogens is 3. The van der Waals surface area contributed by atoms with Crippen molar-refractivity contribution in [3.05, 3.63) is 46.5 Å². The highest BCUT2D eigenvalue weighted by Crippen LogP contribution is 2.31. The molecule has 2 aromatic heterocycles. The second kappa shape index (κ2) is 5.41. The molecule has 0 aliphatic rings. The lowest BCUT2D eigenvalue weighted by Gasteiger charge is -2.13. The van der Waals surface area contributed by atoms with Gasteiger partial charge in [0.05, 0.1) is 28.2 Å². The summed E-state index contributed by atoms with van der Waals surface area (Å²) in [5, 5.41) is 14.4. The molecule has 8 heteroatoms. The standard InChI is InChI=1S/C12H11ClF3N3O/c1-2-19-10(8(13)6-18-19)11(20)9-4-3-7(5-17-9)12(14,15)16/h3-6,11,20H,2H2,1H3. The second-order valence-electron chi connectivity index (χ2n) is 4.07. The number of aryl methyl sites for hydroxylation is 1. The van der Waals surface area contributed by atoms with Crippen LogP contribution in [0.3, 0.4) is 0 Å². The molecule has 1 unspecified atom stereocenters. The van der Waals surface area contributed by atoms with Gasteiger partial charge in [0, 0.05) is 12.7 Å². The van der Waals surface area contributed by atoms with Crippen LogP contribution in [-0.4, -0.2) is 19.9 Å². The molecule has 0 spiro atoms. The molecule has 0 bridgehead atoms. The van der Waals surface area contributed by atoms with Crippen LogP contribution in [0.4, 0.5) is 13.2 Å². The van der Waals surface area contributed by atoms with E-state index in [1.54, 1.807) is 6.92 Å². The van der Waals surface area contributed by atoms with E-state index in [0.29, 0.717) is 18.4 Å². The summed E-state index contributed by atoms with van der Waals surface area (Å²) < 4.78 is 38.8. The molecule has 0 saturated heterocycles. The highest BCUT2D eigenvalue weighted by atomic mass is 35.5. The zero-order valence-corrected chi connectivity index (χ0v) is 11.2. The van der Waals surface area contributed by atoms with Crippen LogP contribution in [0.1, 0.15) is 30.0 Å². The van der Waals surface area contributed by atoms with Crippen LogP contribution in [0, 0.1) is 0 Å². The molecule has 0 saturated carbocycles. The number of rotatable bonds is 3. The Morgan fingerprint density at radius 3 is 2.55 bits per heavy atom. The SMILES string of the molecule is CCn1ncc(Cl)c1C(O)c1ccc(C(F)(F)F)cn1. The summed E-state index contributed by atoms with van der Waals surface area (Å²) in [5.41, 5.74) is -0.486. The minimum atomic E-state index is -4.46. The van der Waals surface area contributed by atoms with E-state index in [4.69, 9.17) is 11.6 Å². The third-order valence-corrected chi connectivity index (χ3v) is 3.08. The van der Waals surface area contributed by atoms with Crippen molar-refractivity contribution < 1.29 is 18.3 Å². The van der Waals surface area contributed by atoms with Gasteiger partial charge in [-0.1, -0.05) is 11.6 Å². The maximum Gasteiger partial charge on any atom is 0.417 e. The van der Waals surface area contributed by atoms with Gasteiger partial charge in [-0.15, -0.1) is 0 Å². The van der Waals surface area contributed by atoms with E-state index in [0.717, 1.165) is 12.1 Å². The molecule has 0 fully saturated rings. The predicted molar refractivity (Wildman–Crippen MR) is 66.2 cm³/mol. The zero-order valence-electron chi connectivity index (χ0n) is 10.4. The van der Waals surface area contributed by atoms with Gasteiger partial charge >= 0.3 is 6.18 Å². The quantitative estimate of drug-likeness (QED) is 0.948. The molecule has 2 aromatic rings. The topological polar surface area (TPSA) is 50.9 Å². The molecular weight excluding hydrogens is 295 g/mol. The molecule has 0 aliphatic carbocycles. The molecule has 1 atom stereocenters. The van der Waals surface area contributed by atoms with E-state index in [1.165, 1.54) is 10.9 Å². The van der Waals surface area contributed by atoms with Crippen molar-refractivity contribution in [1.82, 2.24) is 14.8 Å². The van der Waals surface area contributed by atoms with Crippen LogP contribution in [0.15, 0.2) is 24.5 Å². The Labute approximate surface area is 117 Å². The average molecular weight is 306 g/mol. The van der Waals surface area contributed by atoms with Crippen LogP contribution in [0.2, 0.25) is 5.02 Å². The van der Waals surface area contributed by atoms with Crippen molar-refractivity contribution in [1.29, 1.82) is 0 Å². The smallest absolute Gasteiger partial charge is 0.380 e. The first kappa shape index (κ1) is 14.8. The Morgan fingerprint density at radius 1 is 1.35 bits per heavy atom. The van der Waals surface area contributed by atoms with Crippen molar-refractivity contribution in [2.45, 2.75) is 25.7 Å². The number of hydrogen-bond acceptors (Lipinski definition) is 3. The number of aliphatic hydroxyl groups is 1. The number of aliphatic hydroxyl groups excluding tert-OH is 1. The minimum absolute atomic E-state index is 0.0788. The van der Waals surface area contributed by atoms with Gasteiger partial charge in [0.25, 0.3) is 0 Å². The third kappa shape index (κ3) is 2.78. The number of alkyl halides is 3. The fourth-order valence-electron chi connectivity index (χ4n) is 1.77. The lowest BCUT2D eigenvalue weighted by molar-refractivity contribution is -0.137. The van der Waals surface area contributed by atoms with Gasteiger partial charge in [0.2, 0.25) is 0 Å². The average Bonchev–Trinajstić information content (AvgIpc) is 2.78. The molecule has 0 radical (unpaired) electrons.